The summed E-state index contributed by atoms with van der Waals surface area (Å²) in [5, 5.41) is 19.0. The number of aromatic nitrogens is 1. The number of hydrogen-bond acceptors (Lipinski definition) is 6. The van der Waals surface area contributed by atoms with Crippen molar-refractivity contribution >= 4 is 21.5 Å². The van der Waals surface area contributed by atoms with Crippen LogP contribution in [0.2, 0.25) is 0 Å². The molecule has 1 heterocycles. The lowest BCUT2D eigenvalue weighted by Crippen LogP contribution is -2.42. The van der Waals surface area contributed by atoms with E-state index in [-0.39, 0.29) is 39.9 Å². The van der Waals surface area contributed by atoms with Gasteiger partial charge >= 0.3 is 0 Å². The number of fused-ring (bicyclic) bond motifs is 2. The van der Waals surface area contributed by atoms with Crippen molar-refractivity contribution in [1.82, 2.24) is 14.6 Å². The van der Waals surface area contributed by atoms with Gasteiger partial charge in [0.1, 0.15) is 0 Å². The summed E-state index contributed by atoms with van der Waals surface area (Å²) < 4.78 is 28.3. The minimum absolute atomic E-state index is 0.0652. The van der Waals surface area contributed by atoms with E-state index in [1.807, 2.05) is 0 Å². The molecule has 2 aromatic carbocycles. The molecule has 1 aliphatic rings. The molecule has 184 valence electrons. The van der Waals surface area contributed by atoms with Crippen LogP contribution in [0.25, 0.3) is 11.3 Å². The third-order valence-electron chi connectivity index (χ3n) is 6.34. The number of aromatic amines is 1. The molecule has 9 heteroatoms. The number of aromatic hydroxyl groups is 1. The number of rotatable bonds is 8. The predicted molar refractivity (Wildman–Crippen MR) is 136 cm³/mol. The van der Waals surface area contributed by atoms with Gasteiger partial charge in [0.15, 0.2) is 11.7 Å². The largest absolute Gasteiger partial charge is 0.494 e. The van der Waals surface area contributed by atoms with Crippen LogP contribution in [0.1, 0.15) is 54.7 Å². The zero-order valence-electron chi connectivity index (χ0n) is 20.2. The smallest absolute Gasteiger partial charge is 0.240 e. The van der Waals surface area contributed by atoms with E-state index in [1.54, 1.807) is 36.4 Å². The fourth-order valence-electron chi connectivity index (χ4n) is 4.65. The quantitative estimate of drug-likeness (QED) is 0.297. The third kappa shape index (κ3) is 4.54. The van der Waals surface area contributed by atoms with E-state index in [1.165, 1.54) is 12.1 Å². The first-order chi connectivity index (χ1) is 16.5. The Morgan fingerprint density at radius 2 is 1.57 bits per heavy atom. The van der Waals surface area contributed by atoms with Crippen molar-refractivity contribution in [3.8, 4) is 17.1 Å². The van der Waals surface area contributed by atoms with Gasteiger partial charge in [-0.25, -0.2) is 13.1 Å². The van der Waals surface area contributed by atoms with Gasteiger partial charge in [0.2, 0.25) is 10.0 Å². The second kappa shape index (κ2) is 9.41. The summed E-state index contributed by atoms with van der Waals surface area (Å²) in [4.78, 5) is 18.3. The predicted octanol–water partition coefficient (Wildman–Crippen LogP) is 3.74. The Labute approximate surface area is 205 Å². The number of carbonyl (C=O) groups is 1. The normalized spacial score (nSPS) is 13.6. The summed E-state index contributed by atoms with van der Waals surface area (Å²) in [7, 11) is -3.72. The van der Waals surface area contributed by atoms with Crippen LogP contribution >= 0.6 is 0 Å². The van der Waals surface area contributed by atoms with Crippen LogP contribution in [0.4, 0.5) is 0 Å². The lowest BCUT2D eigenvalue weighted by atomic mass is 9.84. The molecule has 0 bridgehead atoms. The van der Waals surface area contributed by atoms with E-state index in [0.29, 0.717) is 41.0 Å². The minimum Gasteiger partial charge on any atom is -0.494 e. The molecule has 8 nitrogen and oxygen atoms in total. The van der Waals surface area contributed by atoms with Gasteiger partial charge in [0, 0.05) is 36.3 Å². The van der Waals surface area contributed by atoms with Crippen LogP contribution in [-0.2, 0) is 10.0 Å². The fraction of sp³-hybridized carbons (Fsp3) is 0.308. The van der Waals surface area contributed by atoms with E-state index in [9.17, 15) is 18.3 Å². The van der Waals surface area contributed by atoms with Crippen molar-refractivity contribution in [1.29, 1.82) is 5.41 Å². The average molecular weight is 495 g/mol. The van der Waals surface area contributed by atoms with Gasteiger partial charge in [-0.1, -0.05) is 36.4 Å². The van der Waals surface area contributed by atoms with E-state index < -0.39 is 10.0 Å². The average Bonchev–Trinajstić information content (AvgIpc) is 3.17. The van der Waals surface area contributed by atoms with Crippen LogP contribution in [0, 0.1) is 5.41 Å². The molecule has 0 unspecified atom stereocenters. The Hall–Kier alpha value is -3.27. The molecule has 1 aliphatic carbocycles. The van der Waals surface area contributed by atoms with E-state index in [0.717, 1.165) is 0 Å². The van der Waals surface area contributed by atoms with Gasteiger partial charge in [-0.3, -0.25) is 15.1 Å². The standard InChI is InChI=1S/C26H30N4O4S/c1-15(2)30(16(3)4)14-13-28-35(33,34)18-11-9-17(10-12-18)24-22-21(26(32)29-24)23(27)19-7-5-6-8-20(19)25(22)31/h5-12,15-16,27-29,32H,13-14H2,1-4H3. The number of nitrogens with one attached hydrogen (secondary N) is 3. The molecule has 0 spiro atoms. The van der Waals surface area contributed by atoms with Crippen LogP contribution < -0.4 is 4.72 Å². The fourth-order valence-corrected chi connectivity index (χ4v) is 5.67. The van der Waals surface area contributed by atoms with Crippen molar-refractivity contribution in [3.63, 3.8) is 0 Å². The van der Waals surface area contributed by atoms with Gasteiger partial charge in [-0.2, -0.15) is 0 Å². The molecule has 0 fully saturated rings. The molecule has 0 amide bonds. The summed E-state index contributed by atoms with van der Waals surface area (Å²) >= 11 is 0. The highest BCUT2D eigenvalue weighted by molar-refractivity contribution is 7.89. The molecule has 0 saturated heterocycles. The lowest BCUT2D eigenvalue weighted by molar-refractivity contribution is 0.103. The Bertz CT molecular complexity index is 1380. The number of benzene rings is 2. The number of ketones is 1. The van der Waals surface area contributed by atoms with E-state index in [4.69, 9.17) is 5.41 Å². The van der Waals surface area contributed by atoms with Crippen molar-refractivity contribution in [2.75, 3.05) is 13.1 Å². The third-order valence-corrected chi connectivity index (χ3v) is 7.82. The van der Waals surface area contributed by atoms with Crippen LogP contribution in [0.15, 0.2) is 53.4 Å². The molecule has 0 aliphatic heterocycles. The highest BCUT2D eigenvalue weighted by Crippen LogP contribution is 2.39. The van der Waals surface area contributed by atoms with Crippen molar-refractivity contribution in [3.05, 3.63) is 70.8 Å². The highest BCUT2D eigenvalue weighted by atomic mass is 32.2. The number of hydrogen-bond donors (Lipinski definition) is 4. The maximum atomic E-state index is 13.2. The highest BCUT2D eigenvalue weighted by Gasteiger charge is 2.34. The van der Waals surface area contributed by atoms with Crippen molar-refractivity contribution < 1.29 is 18.3 Å². The number of H-pyrrole nitrogens is 1. The first-order valence-electron chi connectivity index (χ1n) is 11.6. The van der Waals surface area contributed by atoms with E-state index in [2.05, 4.69) is 42.3 Å². The van der Waals surface area contributed by atoms with Crippen LogP contribution in [-0.4, -0.2) is 60.1 Å². The first-order valence-corrected chi connectivity index (χ1v) is 13.0. The Kier molecular flexibility index (Phi) is 6.68. The molecule has 0 atom stereocenters. The monoisotopic (exact) mass is 494 g/mol. The summed E-state index contributed by atoms with van der Waals surface area (Å²) in [6, 6.07) is 13.5. The topological polar surface area (TPSA) is 126 Å². The molecular formula is C26H30N4O4S. The molecule has 0 saturated carbocycles. The van der Waals surface area contributed by atoms with E-state index >= 15 is 0 Å². The summed E-state index contributed by atoms with van der Waals surface area (Å²) in [5.74, 6) is -0.558. The molecule has 4 N–H and O–H groups in total. The molecule has 35 heavy (non-hydrogen) atoms. The first kappa shape index (κ1) is 24.8. The number of sulfonamides is 1. The second-order valence-corrected chi connectivity index (χ2v) is 11.0. The Balaban J connectivity index is 1.59. The van der Waals surface area contributed by atoms with Gasteiger partial charge in [-0.05, 0) is 45.4 Å². The SMILES string of the molecule is CC(C)N(CCNS(=O)(=O)c1ccc(-c2[nH]c(O)c3c2C(=O)c2ccccc2C3=N)cc1)C(C)C. The van der Waals surface area contributed by atoms with Crippen molar-refractivity contribution in [2.45, 2.75) is 44.7 Å². The molecular weight excluding hydrogens is 464 g/mol. The molecule has 1 aromatic heterocycles. The zero-order valence-corrected chi connectivity index (χ0v) is 21.0. The Morgan fingerprint density at radius 3 is 2.17 bits per heavy atom. The summed E-state index contributed by atoms with van der Waals surface area (Å²) in [6.45, 7) is 9.19. The lowest BCUT2D eigenvalue weighted by Gasteiger charge is -2.30. The maximum Gasteiger partial charge on any atom is 0.240 e. The number of nitrogens with zero attached hydrogens (tertiary/aromatic N) is 1. The molecule has 4 rings (SSSR count). The van der Waals surface area contributed by atoms with Gasteiger partial charge in [-0.15, -0.1) is 0 Å². The van der Waals surface area contributed by atoms with Gasteiger partial charge in [0.25, 0.3) is 0 Å². The van der Waals surface area contributed by atoms with Crippen LogP contribution in [0.5, 0.6) is 5.88 Å². The number of carbonyl (C=O) groups excluding carboxylic acids is 1. The minimum atomic E-state index is -3.72. The molecule has 0 radical (unpaired) electrons. The Morgan fingerprint density at radius 1 is 0.971 bits per heavy atom. The van der Waals surface area contributed by atoms with Gasteiger partial charge in [0.05, 0.1) is 27.4 Å². The zero-order chi connectivity index (χ0) is 25.5. The van der Waals surface area contributed by atoms with Crippen molar-refractivity contribution in [2.24, 2.45) is 0 Å². The summed E-state index contributed by atoms with van der Waals surface area (Å²) in [5.41, 5.74) is 2.17. The summed E-state index contributed by atoms with van der Waals surface area (Å²) in [6.07, 6.45) is 0. The van der Waals surface area contributed by atoms with Crippen LogP contribution in [0.3, 0.4) is 0 Å². The second-order valence-electron chi connectivity index (χ2n) is 9.20. The van der Waals surface area contributed by atoms with Gasteiger partial charge < -0.3 is 10.1 Å². The molecule has 3 aromatic rings. The maximum absolute atomic E-state index is 13.2.